The minimum Gasteiger partial charge on any atom is -0.445 e. The summed E-state index contributed by atoms with van der Waals surface area (Å²) >= 11 is 0. The molecule has 3 N–H and O–H groups in total. The molecule has 1 heterocycles. The van der Waals surface area contributed by atoms with Gasteiger partial charge in [0, 0.05) is 19.6 Å². The Morgan fingerprint density at radius 2 is 2.09 bits per heavy atom. The number of hydrazine groups is 1. The molecule has 0 spiro atoms. The monoisotopic (exact) mass is 307 g/mol. The summed E-state index contributed by atoms with van der Waals surface area (Å²) in [5.41, 5.74) is 2.99. The Morgan fingerprint density at radius 1 is 1.36 bits per heavy atom. The lowest BCUT2D eigenvalue weighted by molar-refractivity contribution is -0.125. The third-order valence-electron chi connectivity index (χ3n) is 3.67. The lowest BCUT2D eigenvalue weighted by atomic mass is 10.1. The summed E-state index contributed by atoms with van der Waals surface area (Å²) in [5.74, 6) is 4.89. The zero-order valence-corrected chi connectivity index (χ0v) is 12.5. The zero-order valence-electron chi connectivity index (χ0n) is 12.5. The summed E-state index contributed by atoms with van der Waals surface area (Å²) in [4.78, 5) is 25.5. The fourth-order valence-electron chi connectivity index (χ4n) is 2.63. The van der Waals surface area contributed by atoms with Crippen LogP contribution < -0.4 is 11.3 Å². The van der Waals surface area contributed by atoms with E-state index in [2.05, 4.69) is 5.43 Å². The largest absolute Gasteiger partial charge is 0.445 e. The van der Waals surface area contributed by atoms with Gasteiger partial charge in [-0.05, 0) is 12.0 Å². The Kier molecular flexibility index (Phi) is 5.74. The third kappa shape index (κ3) is 3.96. The van der Waals surface area contributed by atoms with Gasteiger partial charge in [-0.2, -0.15) is 0 Å². The number of nitrogens with one attached hydrogen (secondary N) is 1. The first-order chi connectivity index (χ1) is 10.7. The minimum absolute atomic E-state index is 0.0941. The highest BCUT2D eigenvalue weighted by molar-refractivity contribution is 5.85. The number of nitrogens with zero attached hydrogens (tertiary/aromatic N) is 1. The van der Waals surface area contributed by atoms with Crippen molar-refractivity contribution < 1.29 is 19.1 Å². The molecule has 0 radical (unpaired) electrons. The molecule has 1 aromatic carbocycles. The summed E-state index contributed by atoms with van der Waals surface area (Å²) in [6, 6.07) is 8.76. The van der Waals surface area contributed by atoms with Crippen molar-refractivity contribution in [1.82, 2.24) is 10.3 Å². The normalized spacial score (nSPS) is 20.7. The fraction of sp³-hybridized carbons (Fsp3) is 0.467. The van der Waals surface area contributed by atoms with Gasteiger partial charge in [0.05, 0.1) is 6.61 Å². The Hall–Kier alpha value is -2.12. The molecule has 0 aromatic heterocycles. The fourth-order valence-corrected chi connectivity index (χ4v) is 2.63. The van der Waals surface area contributed by atoms with Gasteiger partial charge in [0.25, 0.3) is 5.91 Å². The maximum Gasteiger partial charge on any atom is 0.410 e. The first-order valence-corrected chi connectivity index (χ1v) is 7.12. The standard InChI is InChI=1S/C15H21N3O4/c1-21-9-12-7-13(14(19)17-16)18(8-12)15(20)22-10-11-5-3-2-4-6-11/h2-6,12-13H,7-10,16H2,1H3,(H,17,19)/t12-,13+/m1/s1. The van der Waals surface area contributed by atoms with Gasteiger partial charge in [-0.25, -0.2) is 10.6 Å². The number of likely N-dealkylation sites (tertiary alicyclic amines) is 1. The van der Waals surface area contributed by atoms with Crippen molar-refractivity contribution >= 4 is 12.0 Å². The van der Waals surface area contributed by atoms with E-state index in [4.69, 9.17) is 15.3 Å². The van der Waals surface area contributed by atoms with Crippen molar-refractivity contribution in [1.29, 1.82) is 0 Å². The van der Waals surface area contributed by atoms with E-state index in [1.54, 1.807) is 7.11 Å². The van der Waals surface area contributed by atoms with Crippen LogP contribution in [-0.4, -0.2) is 43.2 Å². The van der Waals surface area contributed by atoms with Crippen molar-refractivity contribution in [2.75, 3.05) is 20.3 Å². The maximum absolute atomic E-state index is 12.2. The number of hydrogen-bond donors (Lipinski definition) is 2. The summed E-state index contributed by atoms with van der Waals surface area (Å²) < 4.78 is 10.4. The molecule has 1 aliphatic heterocycles. The highest BCUT2D eigenvalue weighted by Gasteiger charge is 2.40. The van der Waals surface area contributed by atoms with Crippen LogP contribution >= 0.6 is 0 Å². The summed E-state index contributed by atoms with van der Waals surface area (Å²) in [5, 5.41) is 0. The highest BCUT2D eigenvalue weighted by Crippen LogP contribution is 2.24. The molecule has 0 saturated carbocycles. The molecule has 2 rings (SSSR count). The number of methoxy groups -OCH3 is 1. The van der Waals surface area contributed by atoms with Gasteiger partial charge in [-0.1, -0.05) is 30.3 Å². The lowest BCUT2D eigenvalue weighted by Gasteiger charge is -2.22. The number of carbonyl (C=O) groups is 2. The predicted molar refractivity (Wildman–Crippen MR) is 79.4 cm³/mol. The van der Waals surface area contributed by atoms with Gasteiger partial charge in [0.15, 0.2) is 0 Å². The Bertz CT molecular complexity index is 509. The van der Waals surface area contributed by atoms with Crippen LogP contribution in [-0.2, 0) is 20.9 Å². The van der Waals surface area contributed by atoms with Gasteiger partial charge < -0.3 is 9.47 Å². The molecule has 7 heteroatoms. The van der Waals surface area contributed by atoms with E-state index in [9.17, 15) is 9.59 Å². The number of nitrogens with two attached hydrogens (primary N) is 1. The molecule has 120 valence electrons. The Labute approximate surface area is 129 Å². The minimum atomic E-state index is -0.617. The molecule has 0 unspecified atom stereocenters. The van der Waals surface area contributed by atoms with E-state index in [0.717, 1.165) is 5.56 Å². The van der Waals surface area contributed by atoms with E-state index >= 15 is 0 Å². The van der Waals surface area contributed by atoms with E-state index < -0.39 is 18.0 Å². The Morgan fingerprint density at radius 3 is 2.73 bits per heavy atom. The van der Waals surface area contributed by atoms with Crippen LogP contribution in [0.2, 0.25) is 0 Å². The van der Waals surface area contributed by atoms with E-state index in [1.165, 1.54) is 4.90 Å². The van der Waals surface area contributed by atoms with E-state index in [-0.39, 0.29) is 12.5 Å². The number of ether oxygens (including phenoxy) is 2. The molecule has 0 bridgehead atoms. The molecular weight excluding hydrogens is 286 g/mol. The first kappa shape index (κ1) is 16.3. The number of amides is 2. The number of rotatable bonds is 5. The number of benzene rings is 1. The van der Waals surface area contributed by atoms with Gasteiger partial charge in [0.1, 0.15) is 12.6 Å². The van der Waals surface area contributed by atoms with Gasteiger partial charge >= 0.3 is 6.09 Å². The number of carbonyl (C=O) groups excluding carboxylic acids is 2. The van der Waals surface area contributed by atoms with Crippen LogP contribution in [0.3, 0.4) is 0 Å². The van der Waals surface area contributed by atoms with Crippen LogP contribution in [0.15, 0.2) is 30.3 Å². The topological polar surface area (TPSA) is 93.9 Å². The van der Waals surface area contributed by atoms with Crippen LogP contribution in [0.25, 0.3) is 0 Å². The molecular formula is C15H21N3O4. The van der Waals surface area contributed by atoms with Crippen molar-refractivity contribution in [3.8, 4) is 0 Å². The van der Waals surface area contributed by atoms with Crippen LogP contribution in [0, 0.1) is 5.92 Å². The summed E-state index contributed by atoms with van der Waals surface area (Å²) in [6.45, 7) is 1.07. The molecule has 2 amide bonds. The van der Waals surface area contributed by atoms with Gasteiger partial charge in [-0.15, -0.1) is 0 Å². The second-order valence-corrected chi connectivity index (χ2v) is 5.27. The molecule has 7 nitrogen and oxygen atoms in total. The molecule has 22 heavy (non-hydrogen) atoms. The van der Waals surface area contributed by atoms with Crippen molar-refractivity contribution in [2.24, 2.45) is 11.8 Å². The van der Waals surface area contributed by atoms with Gasteiger partial charge in [0.2, 0.25) is 0 Å². The molecule has 1 saturated heterocycles. The van der Waals surface area contributed by atoms with E-state index in [1.807, 2.05) is 30.3 Å². The van der Waals surface area contributed by atoms with Gasteiger partial charge in [-0.3, -0.25) is 15.1 Å². The third-order valence-corrected chi connectivity index (χ3v) is 3.67. The molecule has 1 aromatic rings. The Balaban J connectivity index is 1.97. The molecule has 0 aliphatic carbocycles. The lowest BCUT2D eigenvalue weighted by Crippen LogP contribution is -2.48. The molecule has 2 atom stereocenters. The molecule has 1 aliphatic rings. The van der Waals surface area contributed by atoms with Crippen LogP contribution in [0.4, 0.5) is 4.79 Å². The second kappa shape index (κ2) is 7.77. The maximum atomic E-state index is 12.2. The van der Waals surface area contributed by atoms with Crippen LogP contribution in [0.5, 0.6) is 0 Å². The van der Waals surface area contributed by atoms with E-state index in [0.29, 0.717) is 19.6 Å². The smallest absolute Gasteiger partial charge is 0.410 e. The average molecular weight is 307 g/mol. The number of hydrogen-bond acceptors (Lipinski definition) is 5. The first-order valence-electron chi connectivity index (χ1n) is 7.12. The van der Waals surface area contributed by atoms with Crippen molar-refractivity contribution in [3.05, 3.63) is 35.9 Å². The highest BCUT2D eigenvalue weighted by atomic mass is 16.6. The SMILES string of the molecule is COC[C@@H]1C[C@@H](C(=O)NN)N(C(=O)OCc2ccccc2)C1. The zero-order chi connectivity index (χ0) is 15.9. The quantitative estimate of drug-likeness (QED) is 0.473. The average Bonchev–Trinajstić information content (AvgIpc) is 2.97. The van der Waals surface area contributed by atoms with Crippen LogP contribution in [0.1, 0.15) is 12.0 Å². The summed E-state index contributed by atoms with van der Waals surface area (Å²) in [7, 11) is 1.59. The van der Waals surface area contributed by atoms with Crippen molar-refractivity contribution in [2.45, 2.75) is 19.1 Å². The summed E-state index contributed by atoms with van der Waals surface area (Å²) in [6.07, 6.45) is -0.00632. The predicted octanol–water partition coefficient (Wildman–Crippen LogP) is 0.650. The molecule has 1 fully saturated rings. The second-order valence-electron chi connectivity index (χ2n) is 5.27. The van der Waals surface area contributed by atoms with Crippen molar-refractivity contribution in [3.63, 3.8) is 0 Å².